The minimum Gasteiger partial charge on any atom is -0.550 e. The van der Waals surface area contributed by atoms with E-state index in [1.54, 1.807) is 0 Å². The molecule has 0 atom stereocenters. The summed E-state index contributed by atoms with van der Waals surface area (Å²) in [6, 6.07) is 0. The second kappa shape index (κ2) is 20.6. The fraction of sp³-hybridized carbons (Fsp3) is 0.400. The van der Waals surface area contributed by atoms with Crippen LogP contribution in [0.1, 0.15) is 6.92 Å². The van der Waals surface area contributed by atoms with Gasteiger partial charge in [-0.2, -0.15) is 0 Å². The molecular formula is C5H6Na3O7+. The molecular weight excluding hydrogens is 241 g/mol. The maximum Gasteiger partial charge on any atom is 1.00 e. The van der Waals surface area contributed by atoms with Crippen molar-refractivity contribution in [2.24, 2.45) is 0 Å². The molecule has 0 saturated carbocycles. The van der Waals surface area contributed by atoms with Gasteiger partial charge in [0.25, 0.3) is 0 Å². The Kier molecular flexibility index (Phi) is 41.0. The number of aliphatic carboxylic acids is 2. The Morgan fingerprint density at radius 2 is 1.40 bits per heavy atom. The first kappa shape index (κ1) is 29.8. The average Bonchev–Trinajstić information content (AvgIpc) is 1.82. The van der Waals surface area contributed by atoms with Crippen LogP contribution in [0.4, 0.5) is 4.79 Å². The molecule has 15 heavy (non-hydrogen) atoms. The molecule has 0 aromatic heterocycles. The van der Waals surface area contributed by atoms with Gasteiger partial charge in [-0.25, -0.2) is 4.79 Å². The third kappa shape index (κ3) is 68.8. The first-order valence-electron chi connectivity index (χ1n) is 2.59. The van der Waals surface area contributed by atoms with E-state index in [1.807, 2.05) is 0 Å². The van der Waals surface area contributed by atoms with E-state index in [0.717, 1.165) is 6.92 Å². The zero-order valence-electron chi connectivity index (χ0n) is 9.10. The molecule has 7 nitrogen and oxygen atoms in total. The van der Waals surface area contributed by atoms with Crippen molar-refractivity contribution in [2.45, 2.75) is 6.92 Å². The van der Waals surface area contributed by atoms with E-state index in [4.69, 9.17) is 15.0 Å². The van der Waals surface area contributed by atoms with Crippen LogP contribution in [0.25, 0.3) is 0 Å². The maximum absolute atomic E-state index is 9.40. The third-order valence-corrected chi connectivity index (χ3v) is 0.313. The number of carbonyl (C=O) groups is 3. The van der Waals surface area contributed by atoms with Crippen molar-refractivity contribution in [3.8, 4) is 0 Å². The number of carboxylic acid groups (broad SMARTS) is 3. The Balaban J connectivity index is -0.0000000424. The normalized spacial score (nSPS) is 5.93. The van der Waals surface area contributed by atoms with Crippen LogP contribution in [0.3, 0.4) is 0 Å². The van der Waals surface area contributed by atoms with E-state index in [2.05, 4.69) is 4.74 Å². The van der Waals surface area contributed by atoms with Crippen molar-refractivity contribution in [2.75, 3.05) is 6.61 Å². The summed E-state index contributed by atoms with van der Waals surface area (Å²) in [5, 5.41) is 25.9. The van der Waals surface area contributed by atoms with Crippen molar-refractivity contribution in [1.29, 1.82) is 0 Å². The van der Waals surface area contributed by atoms with Crippen molar-refractivity contribution in [3.05, 3.63) is 0 Å². The van der Waals surface area contributed by atoms with Crippen LogP contribution in [0, 0.1) is 0 Å². The summed E-state index contributed by atoms with van der Waals surface area (Å²) in [6.45, 7) is 0.0648. The van der Waals surface area contributed by atoms with Gasteiger partial charge in [0.05, 0.1) is 5.97 Å². The zero-order valence-corrected chi connectivity index (χ0v) is 15.1. The number of rotatable bonds is 2. The molecule has 0 amide bonds. The Morgan fingerprint density at radius 3 is 1.47 bits per heavy atom. The van der Waals surface area contributed by atoms with Gasteiger partial charge in [0.1, 0.15) is 6.61 Å². The molecule has 0 bridgehead atoms. The molecule has 0 radical (unpaired) electrons. The summed E-state index contributed by atoms with van der Waals surface area (Å²) in [7, 11) is 0. The van der Waals surface area contributed by atoms with E-state index < -0.39 is 24.7 Å². The van der Waals surface area contributed by atoms with Gasteiger partial charge in [0, 0.05) is 5.97 Å². The fourth-order valence-electron chi connectivity index (χ4n) is 0.121. The topological polar surface area (TPSA) is 127 Å². The van der Waals surface area contributed by atoms with Crippen LogP contribution < -0.4 is 98.9 Å². The van der Waals surface area contributed by atoms with E-state index in [1.165, 1.54) is 0 Å². The number of hydrogen-bond donors (Lipinski definition) is 1. The number of hydrogen-bond acceptors (Lipinski definition) is 6. The molecule has 0 rings (SSSR count). The number of ether oxygens (including phenoxy) is 1. The van der Waals surface area contributed by atoms with Gasteiger partial charge in [-0.15, -0.1) is 0 Å². The third-order valence-electron chi connectivity index (χ3n) is 0.313. The Morgan fingerprint density at radius 1 is 1.13 bits per heavy atom. The van der Waals surface area contributed by atoms with Crippen LogP contribution in [0.2, 0.25) is 0 Å². The molecule has 0 aliphatic heterocycles. The number of carboxylic acids is 2. The molecule has 0 aromatic rings. The second-order valence-electron chi connectivity index (χ2n) is 1.42. The monoisotopic (exact) mass is 247 g/mol. The first-order chi connectivity index (χ1) is 5.36. The van der Waals surface area contributed by atoms with Gasteiger partial charge in [0.2, 0.25) is 0 Å². The SMILES string of the molecule is CC(=O)[O-].O=C([O-])COC(=O)O.[Na+].[Na+].[Na+]. The second-order valence-corrected chi connectivity index (χ2v) is 1.42. The average molecular weight is 247 g/mol. The minimum absolute atomic E-state index is 0. The number of carbonyl (C=O) groups excluding carboxylic acids is 2. The molecule has 0 aromatic carbocycles. The minimum atomic E-state index is -1.62. The molecule has 0 unspecified atom stereocenters. The first-order valence-corrected chi connectivity index (χ1v) is 2.59. The van der Waals surface area contributed by atoms with Gasteiger partial charge in [-0.3, -0.25) is 0 Å². The van der Waals surface area contributed by atoms with Gasteiger partial charge in [0.15, 0.2) is 0 Å². The van der Waals surface area contributed by atoms with Gasteiger partial charge in [-0.1, -0.05) is 0 Å². The van der Waals surface area contributed by atoms with Crippen LogP contribution in [0.15, 0.2) is 0 Å². The Bertz CT molecular complexity index is 165. The molecule has 0 saturated heterocycles. The standard InChI is InChI=1S/C3H4O5.C2H4O2.3Na/c4-2(5)1-8-3(6)7;1-2(3)4;;;/h1H2,(H,4,5)(H,6,7);1H3,(H,3,4);;;/q;;3*+1/p-2. The van der Waals surface area contributed by atoms with Crippen molar-refractivity contribution in [1.82, 2.24) is 0 Å². The predicted octanol–water partition coefficient (Wildman–Crippen LogP) is -11.8. The van der Waals surface area contributed by atoms with Gasteiger partial charge in [-0.05, 0) is 6.92 Å². The predicted molar refractivity (Wildman–Crippen MR) is 29.7 cm³/mol. The zero-order chi connectivity index (χ0) is 10.1. The van der Waals surface area contributed by atoms with E-state index >= 15 is 0 Å². The van der Waals surface area contributed by atoms with Crippen LogP contribution in [0.5, 0.6) is 0 Å². The van der Waals surface area contributed by atoms with Crippen molar-refractivity contribution >= 4 is 18.1 Å². The summed E-state index contributed by atoms with van der Waals surface area (Å²) >= 11 is 0. The molecule has 10 heteroatoms. The van der Waals surface area contributed by atoms with Crippen molar-refractivity contribution in [3.63, 3.8) is 0 Å². The van der Waals surface area contributed by atoms with Crippen molar-refractivity contribution < 1.29 is 123 Å². The molecule has 0 spiro atoms. The molecule has 0 fully saturated rings. The summed E-state index contributed by atoms with van der Waals surface area (Å²) in [4.78, 5) is 27.7. The van der Waals surface area contributed by atoms with Gasteiger partial charge < -0.3 is 29.6 Å². The Hall–Kier alpha value is 1.21. The summed E-state index contributed by atoms with van der Waals surface area (Å²) in [5.74, 6) is -2.63. The summed E-state index contributed by atoms with van der Waals surface area (Å²) in [5.41, 5.74) is 0. The van der Waals surface area contributed by atoms with Crippen LogP contribution in [-0.2, 0) is 14.3 Å². The van der Waals surface area contributed by atoms with E-state index in [-0.39, 0.29) is 88.7 Å². The van der Waals surface area contributed by atoms with E-state index in [0.29, 0.717) is 0 Å². The molecule has 0 aliphatic rings. The molecule has 0 heterocycles. The van der Waals surface area contributed by atoms with Gasteiger partial charge >= 0.3 is 94.8 Å². The van der Waals surface area contributed by atoms with E-state index in [9.17, 15) is 14.7 Å². The fourth-order valence-corrected chi connectivity index (χ4v) is 0.121. The smallest absolute Gasteiger partial charge is 0.550 e. The summed E-state index contributed by atoms with van der Waals surface area (Å²) < 4.78 is 3.56. The quantitative estimate of drug-likeness (QED) is 0.379. The van der Waals surface area contributed by atoms with Crippen LogP contribution >= 0.6 is 0 Å². The maximum atomic E-state index is 9.40. The van der Waals surface area contributed by atoms with Crippen LogP contribution in [-0.4, -0.2) is 29.8 Å². The summed E-state index contributed by atoms with van der Waals surface area (Å²) in [6.07, 6.45) is -1.62. The Labute approximate surface area is 152 Å². The molecule has 70 valence electrons. The largest absolute Gasteiger partial charge is 1.00 e. The molecule has 1 N–H and O–H groups in total. The molecule has 0 aliphatic carbocycles.